The lowest BCUT2D eigenvalue weighted by Gasteiger charge is -2.50. The minimum absolute atomic E-state index is 0.0412. The first-order valence-corrected chi connectivity index (χ1v) is 10.7. The summed E-state index contributed by atoms with van der Waals surface area (Å²) in [5.74, 6) is 1.05. The van der Waals surface area contributed by atoms with Crippen molar-refractivity contribution in [2.75, 3.05) is 13.1 Å². The highest BCUT2D eigenvalue weighted by atomic mass is 16.6. The maximum atomic E-state index is 12.8. The van der Waals surface area contributed by atoms with Crippen LogP contribution in [0.25, 0.3) is 0 Å². The van der Waals surface area contributed by atoms with E-state index < -0.39 is 0 Å². The van der Waals surface area contributed by atoms with Gasteiger partial charge in [-0.1, -0.05) is 43.3 Å². The highest BCUT2D eigenvalue weighted by Crippen LogP contribution is 2.57. The molecule has 3 heteroatoms. The molecule has 2 heterocycles. The minimum Gasteiger partial charge on any atom is -0.462 e. The van der Waals surface area contributed by atoms with E-state index in [4.69, 9.17) is 4.74 Å². The fourth-order valence-corrected chi connectivity index (χ4v) is 6.45. The van der Waals surface area contributed by atoms with Gasteiger partial charge in [0.2, 0.25) is 0 Å². The van der Waals surface area contributed by atoms with Gasteiger partial charge in [0, 0.05) is 25.6 Å². The van der Waals surface area contributed by atoms with Crippen molar-refractivity contribution in [3.63, 3.8) is 0 Å². The summed E-state index contributed by atoms with van der Waals surface area (Å²) in [4.78, 5) is 15.3. The van der Waals surface area contributed by atoms with E-state index in [0.29, 0.717) is 11.8 Å². The second kappa shape index (κ2) is 6.48. The van der Waals surface area contributed by atoms with E-state index in [1.807, 2.05) is 0 Å². The van der Waals surface area contributed by atoms with Crippen LogP contribution in [0.2, 0.25) is 0 Å². The minimum atomic E-state index is 0.0412. The van der Waals surface area contributed by atoms with Gasteiger partial charge in [0.15, 0.2) is 0 Å². The van der Waals surface area contributed by atoms with Gasteiger partial charge >= 0.3 is 5.97 Å². The number of fused-ring (bicyclic) bond motifs is 3. The van der Waals surface area contributed by atoms with Crippen LogP contribution in [0.4, 0.5) is 0 Å². The van der Waals surface area contributed by atoms with E-state index in [0.717, 1.165) is 38.9 Å². The number of benzene rings is 1. The Bertz CT molecular complexity index is 771. The maximum Gasteiger partial charge on any atom is 0.310 e. The average Bonchev–Trinajstić information content (AvgIpc) is 2.94. The summed E-state index contributed by atoms with van der Waals surface area (Å²) in [6.07, 6.45) is 7.02. The zero-order valence-electron chi connectivity index (χ0n) is 16.5. The lowest BCUT2D eigenvalue weighted by atomic mass is 9.55. The van der Waals surface area contributed by atoms with Crippen molar-refractivity contribution in [3.05, 3.63) is 47.5 Å². The lowest BCUT2D eigenvalue weighted by Crippen LogP contribution is -2.46. The standard InChI is InChI=1S/C24H31NO2/c1-16-6-5-10-24(2)13-22-19(12-21(16)24)20(23(26)27-22)15-25-11-9-17-7-3-4-8-18(17)14-25/h3-4,7-8,19-22H,1,5-6,9-15H2,2H3/t19-,20?,21+,22-,24-/m1/s1. The molecule has 0 bridgehead atoms. The molecule has 4 aliphatic rings. The molecule has 27 heavy (non-hydrogen) atoms. The van der Waals surface area contributed by atoms with Crippen LogP contribution in [0.1, 0.15) is 50.2 Å². The molecule has 1 aromatic rings. The fraction of sp³-hybridized carbons (Fsp3) is 0.625. The van der Waals surface area contributed by atoms with Crippen LogP contribution >= 0.6 is 0 Å². The van der Waals surface area contributed by atoms with Gasteiger partial charge in [-0.2, -0.15) is 0 Å². The zero-order chi connectivity index (χ0) is 18.6. The van der Waals surface area contributed by atoms with E-state index >= 15 is 0 Å². The Hall–Kier alpha value is -1.61. The Balaban J connectivity index is 1.32. The summed E-state index contributed by atoms with van der Waals surface area (Å²) in [6.45, 7) is 9.67. The molecule has 5 rings (SSSR count). The molecular weight excluding hydrogens is 334 g/mol. The predicted molar refractivity (Wildman–Crippen MR) is 106 cm³/mol. The van der Waals surface area contributed by atoms with Gasteiger partial charge in [-0.15, -0.1) is 0 Å². The van der Waals surface area contributed by atoms with Crippen molar-refractivity contribution in [3.8, 4) is 0 Å². The van der Waals surface area contributed by atoms with Crippen LogP contribution in [0, 0.1) is 23.2 Å². The Morgan fingerprint density at radius 2 is 2.07 bits per heavy atom. The molecule has 5 atom stereocenters. The van der Waals surface area contributed by atoms with Gasteiger partial charge in [0.05, 0.1) is 5.92 Å². The van der Waals surface area contributed by atoms with Crippen molar-refractivity contribution in [2.45, 2.75) is 58.1 Å². The van der Waals surface area contributed by atoms with Crippen LogP contribution in [-0.4, -0.2) is 30.1 Å². The molecule has 2 aliphatic carbocycles. The summed E-state index contributed by atoms with van der Waals surface area (Å²) in [5, 5.41) is 0. The van der Waals surface area contributed by atoms with Gasteiger partial charge in [-0.25, -0.2) is 0 Å². The molecule has 0 aromatic heterocycles. The molecule has 3 fully saturated rings. The molecule has 3 nitrogen and oxygen atoms in total. The van der Waals surface area contributed by atoms with Crippen LogP contribution in [0.5, 0.6) is 0 Å². The third kappa shape index (κ3) is 2.95. The predicted octanol–water partition coefficient (Wildman–Crippen LogP) is 4.36. The van der Waals surface area contributed by atoms with E-state index in [1.54, 1.807) is 0 Å². The first-order chi connectivity index (χ1) is 13.0. The van der Waals surface area contributed by atoms with E-state index in [-0.39, 0.29) is 23.4 Å². The zero-order valence-corrected chi connectivity index (χ0v) is 16.5. The maximum absolute atomic E-state index is 12.8. The number of esters is 1. The number of rotatable bonds is 2. The number of hydrogen-bond donors (Lipinski definition) is 0. The van der Waals surface area contributed by atoms with Crippen molar-refractivity contribution in [1.29, 1.82) is 0 Å². The largest absolute Gasteiger partial charge is 0.462 e. The molecule has 2 aliphatic heterocycles. The number of nitrogens with zero attached hydrogens (tertiary/aromatic N) is 1. The molecule has 1 saturated heterocycles. The smallest absolute Gasteiger partial charge is 0.310 e. The molecular formula is C24H31NO2. The summed E-state index contributed by atoms with van der Waals surface area (Å²) < 4.78 is 5.94. The Morgan fingerprint density at radius 3 is 2.93 bits per heavy atom. The van der Waals surface area contributed by atoms with Gasteiger partial charge < -0.3 is 4.74 Å². The number of carbonyl (C=O) groups is 1. The van der Waals surface area contributed by atoms with E-state index in [2.05, 4.69) is 42.7 Å². The molecule has 144 valence electrons. The van der Waals surface area contributed by atoms with E-state index in [9.17, 15) is 4.79 Å². The molecule has 0 radical (unpaired) electrons. The average molecular weight is 366 g/mol. The van der Waals surface area contributed by atoms with Crippen molar-refractivity contribution >= 4 is 5.97 Å². The summed E-state index contributed by atoms with van der Waals surface area (Å²) in [6, 6.07) is 8.72. The molecule has 0 amide bonds. The van der Waals surface area contributed by atoms with Gasteiger partial charge in [0.25, 0.3) is 0 Å². The SMILES string of the molecule is C=C1CCC[C@]2(C)C[C@H]3OC(=O)C(CN4CCc5ccccc5C4)[C@H]3C[C@@H]12. The van der Waals surface area contributed by atoms with Crippen molar-refractivity contribution < 1.29 is 9.53 Å². The summed E-state index contributed by atoms with van der Waals surface area (Å²) in [7, 11) is 0. The van der Waals surface area contributed by atoms with Crippen LogP contribution in [-0.2, 0) is 22.5 Å². The number of ether oxygens (including phenoxy) is 1. The van der Waals surface area contributed by atoms with Crippen LogP contribution in [0.15, 0.2) is 36.4 Å². The topological polar surface area (TPSA) is 29.5 Å². The fourth-order valence-electron chi connectivity index (χ4n) is 6.45. The first-order valence-electron chi connectivity index (χ1n) is 10.7. The highest BCUT2D eigenvalue weighted by molar-refractivity contribution is 5.75. The Labute approximate surface area is 162 Å². The second-order valence-corrected chi connectivity index (χ2v) is 9.66. The second-order valence-electron chi connectivity index (χ2n) is 9.66. The van der Waals surface area contributed by atoms with E-state index in [1.165, 1.54) is 36.0 Å². The number of carbonyl (C=O) groups excluding carboxylic acids is 1. The van der Waals surface area contributed by atoms with Crippen LogP contribution < -0.4 is 0 Å². The molecule has 0 spiro atoms. The normalized spacial score (nSPS) is 38.7. The van der Waals surface area contributed by atoms with Gasteiger partial charge in [-0.3, -0.25) is 9.69 Å². The third-order valence-electron chi connectivity index (χ3n) is 7.98. The molecule has 1 aromatic carbocycles. The monoisotopic (exact) mass is 365 g/mol. The first kappa shape index (κ1) is 17.5. The molecule has 0 N–H and O–H groups in total. The lowest BCUT2D eigenvalue weighted by molar-refractivity contribution is -0.146. The van der Waals surface area contributed by atoms with Crippen molar-refractivity contribution in [2.24, 2.45) is 23.2 Å². The quantitative estimate of drug-likeness (QED) is 0.576. The van der Waals surface area contributed by atoms with Crippen LogP contribution in [0.3, 0.4) is 0 Å². The number of allylic oxidation sites excluding steroid dienone is 1. The Kier molecular flexibility index (Phi) is 4.19. The van der Waals surface area contributed by atoms with Crippen molar-refractivity contribution in [1.82, 2.24) is 4.90 Å². The third-order valence-corrected chi connectivity index (χ3v) is 7.98. The Morgan fingerprint density at radius 1 is 1.26 bits per heavy atom. The molecule has 1 unspecified atom stereocenters. The van der Waals surface area contributed by atoms with Gasteiger partial charge in [0.1, 0.15) is 6.10 Å². The number of hydrogen-bond acceptors (Lipinski definition) is 3. The summed E-state index contributed by atoms with van der Waals surface area (Å²) >= 11 is 0. The highest BCUT2D eigenvalue weighted by Gasteiger charge is 2.55. The summed E-state index contributed by atoms with van der Waals surface area (Å²) in [5.41, 5.74) is 4.60. The molecule has 2 saturated carbocycles. The van der Waals surface area contributed by atoms with Gasteiger partial charge in [-0.05, 0) is 61.0 Å².